The molecule has 0 bridgehead atoms. The van der Waals surface area contributed by atoms with E-state index in [9.17, 15) is 44.3 Å². The van der Waals surface area contributed by atoms with Crippen LogP contribution in [0.5, 0.6) is 5.75 Å². The second-order valence-electron chi connectivity index (χ2n) is 10.5. The molecule has 9 nitrogen and oxygen atoms in total. The van der Waals surface area contributed by atoms with Crippen LogP contribution in [-0.4, -0.2) is 54.2 Å². The summed E-state index contributed by atoms with van der Waals surface area (Å²) in [4.78, 5) is 26.4. The number of amides is 2. The summed E-state index contributed by atoms with van der Waals surface area (Å²) < 4.78 is 130. The molecule has 2 N–H and O–H groups in total. The minimum absolute atomic E-state index is 0.240. The summed E-state index contributed by atoms with van der Waals surface area (Å²) in [5.41, 5.74) is -6.25. The fraction of sp³-hybridized carbons (Fsp3) is 0.500. The van der Waals surface area contributed by atoms with Gasteiger partial charge in [0.15, 0.2) is 5.54 Å². The van der Waals surface area contributed by atoms with Crippen molar-refractivity contribution in [2.75, 3.05) is 6.61 Å². The average Bonchev–Trinajstić information content (AvgIpc) is 3.62. The molecule has 2 heterocycles. The molecule has 4 rings (SSSR count). The summed E-state index contributed by atoms with van der Waals surface area (Å²) in [5.74, 6) is -4.92. The van der Waals surface area contributed by atoms with Crippen LogP contribution >= 0.6 is 0 Å². The molecule has 1 unspecified atom stereocenters. The van der Waals surface area contributed by atoms with Gasteiger partial charge in [-0.2, -0.15) is 31.4 Å². The largest absolute Gasteiger partial charge is 0.493 e. The fourth-order valence-electron chi connectivity index (χ4n) is 4.56. The molecular formula is C26H27F7N4O5S. The van der Waals surface area contributed by atoms with Gasteiger partial charge in [-0.05, 0) is 51.3 Å². The maximum atomic E-state index is 15.3. The number of nitrogens with zero attached hydrogens (tertiary/aromatic N) is 2. The van der Waals surface area contributed by atoms with E-state index in [1.54, 1.807) is 23.9 Å². The Bertz CT molecular complexity index is 1550. The van der Waals surface area contributed by atoms with Crippen molar-refractivity contribution in [3.8, 4) is 5.75 Å². The molecule has 1 atom stereocenters. The molecule has 1 aliphatic carbocycles. The molecule has 1 aromatic heterocycles. The van der Waals surface area contributed by atoms with Crippen molar-refractivity contribution in [1.82, 2.24) is 19.8 Å². The van der Waals surface area contributed by atoms with E-state index in [1.165, 1.54) is 16.9 Å². The lowest BCUT2D eigenvalue weighted by molar-refractivity contribution is -0.202. The second-order valence-corrected chi connectivity index (χ2v) is 12.5. The molecule has 2 aromatic rings. The van der Waals surface area contributed by atoms with Crippen molar-refractivity contribution in [3.05, 3.63) is 53.1 Å². The SMILES string of the molecule is CC(C)n1ccc(C2=C(C(=O)NS(=O)(=O)C3CC3)C(=O)NC(c3ccc(OCCCC(F)(F)F)cc3F)(C(F)(F)F)C2)n1. The van der Waals surface area contributed by atoms with E-state index < -0.39 is 93.4 Å². The van der Waals surface area contributed by atoms with Crippen LogP contribution in [0.15, 0.2) is 36.0 Å². The smallest absolute Gasteiger partial charge is 0.416 e. The Morgan fingerprint density at radius 2 is 1.86 bits per heavy atom. The highest BCUT2D eigenvalue weighted by atomic mass is 32.2. The van der Waals surface area contributed by atoms with Gasteiger partial charge >= 0.3 is 12.4 Å². The minimum Gasteiger partial charge on any atom is -0.493 e. The standard InChI is InChI=1S/C26H27F7N4O5S/c1-14(2)37-10-8-20(35-37)17-13-24(26(31,32)33,34-22(38)21(17)23(39)36-43(40,41)16-5-6-16)18-7-4-15(12-19(18)27)42-11-3-9-25(28,29)30/h4,7-8,10,12,14,16H,3,5-6,9,11,13H2,1-2H3,(H,34,38)(H,36,39). The molecule has 236 valence electrons. The van der Waals surface area contributed by atoms with Crippen LogP contribution in [0.3, 0.4) is 0 Å². The van der Waals surface area contributed by atoms with E-state index in [0.717, 1.165) is 6.07 Å². The number of ether oxygens (including phenoxy) is 1. The van der Waals surface area contributed by atoms with Crippen LogP contribution in [-0.2, 0) is 25.2 Å². The van der Waals surface area contributed by atoms with E-state index in [0.29, 0.717) is 12.1 Å². The molecule has 1 saturated carbocycles. The summed E-state index contributed by atoms with van der Waals surface area (Å²) >= 11 is 0. The van der Waals surface area contributed by atoms with Crippen molar-refractivity contribution in [3.63, 3.8) is 0 Å². The van der Waals surface area contributed by atoms with Crippen LogP contribution in [0.1, 0.15) is 63.3 Å². The van der Waals surface area contributed by atoms with Gasteiger partial charge in [-0.1, -0.05) is 0 Å². The number of benzene rings is 1. The zero-order valence-electron chi connectivity index (χ0n) is 22.8. The van der Waals surface area contributed by atoms with Gasteiger partial charge in [-0.3, -0.25) is 14.3 Å². The second kappa shape index (κ2) is 11.5. The Balaban J connectivity index is 1.76. The van der Waals surface area contributed by atoms with Crippen molar-refractivity contribution >= 4 is 27.4 Å². The summed E-state index contributed by atoms with van der Waals surface area (Å²) in [5, 5.41) is 4.97. The van der Waals surface area contributed by atoms with Crippen molar-refractivity contribution in [2.45, 2.75) is 75.1 Å². The number of sulfonamides is 1. The van der Waals surface area contributed by atoms with Gasteiger partial charge in [-0.15, -0.1) is 0 Å². The number of alkyl halides is 6. The predicted octanol–water partition coefficient (Wildman–Crippen LogP) is 4.66. The van der Waals surface area contributed by atoms with Gasteiger partial charge in [0, 0.05) is 42.3 Å². The van der Waals surface area contributed by atoms with Gasteiger partial charge in [0.05, 0.1) is 17.6 Å². The van der Waals surface area contributed by atoms with Crippen molar-refractivity contribution in [1.29, 1.82) is 0 Å². The average molecular weight is 641 g/mol. The quantitative estimate of drug-likeness (QED) is 0.222. The molecule has 1 fully saturated rings. The highest BCUT2D eigenvalue weighted by Gasteiger charge is 2.61. The Hall–Kier alpha value is -3.63. The van der Waals surface area contributed by atoms with E-state index in [2.05, 4.69) is 5.10 Å². The van der Waals surface area contributed by atoms with Gasteiger partial charge in [-0.25, -0.2) is 17.5 Å². The third kappa shape index (κ3) is 6.96. The summed E-state index contributed by atoms with van der Waals surface area (Å²) in [7, 11) is -4.21. The third-order valence-corrected chi connectivity index (χ3v) is 8.75. The maximum Gasteiger partial charge on any atom is 0.416 e. The lowest BCUT2D eigenvalue weighted by atomic mass is 9.77. The van der Waals surface area contributed by atoms with Gasteiger partial charge < -0.3 is 10.1 Å². The van der Waals surface area contributed by atoms with Crippen LogP contribution in [0, 0.1) is 5.82 Å². The Labute approximate surface area is 241 Å². The number of rotatable bonds is 10. The van der Waals surface area contributed by atoms with Crippen LogP contribution in [0.2, 0.25) is 0 Å². The maximum absolute atomic E-state index is 15.3. The Kier molecular flexibility index (Phi) is 8.61. The molecule has 43 heavy (non-hydrogen) atoms. The fourth-order valence-corrected chi connectivity index (χ4v) is 5.84. The van der Waals surface area contributed by atoms with Crippen molar-refractivity contribution < 1.29 is 53.5 Å². The first-order valence-electron chi connectivity index (χ1n) is 13.1. The normalized spacial score (nSPS) is 19.9. The number of carbonyl (C=O) groups excluding carboxylic acids is 2. The predicted molar refractivity (Wildman–Crippen MR) is 137 cm³/mol. The molecule has 0 spiro atoms. The van der Waals surface area contributed by atoms with Gasteiger partial charge in [0.25, 0.3) is 11.8 Å². The zero-order valence-corrected chi connectivity index (χ0v) is 23.6. The number of hydrogen-bond acceptors (Lipinski definition) is 6. The molecule has 1 aliphatic heterocycles. The molecule has 2 amide bonds. The molecule has 2 aliphatic rings. The lowest BCUT2D eigenvalue weighted by Crippen LogP contribution is -2.60. The highest BCUT2D eigenvalue weighted by Crippen LogP contribution is 2.49. The number of carbonyl (C=O) groups is 2. The number of hydrogen-bond donors (Lipinski definition) is 2. The topological polar surface area (TPSA) is 119 Å². The number of nitrogens with one attached hydrogen (secondary N) is 2. The van der Waals surface area contributed by atoms with E-state index in [-0.39, 0.29) is 30.3 Å². The van der Waals surface area contributed by atoms with Crippen LogP contribution in [0.4, 0.5) is 30.7 Å². The first-order chi connectivity index (χ1) is 19.8. The molecule has 1 aromatic carbocycles. The van der Waals surface area contributed by atoms with E-state index in [4.69, 9.17) is 4.74 Å². The van der Waals surface area contributed by atoms with Gasteiger partial charge in [0.2, 0.25) is 10.0 Å². The zero-order chi connectivity index (χ0) is 32.0. The third-order valence-electron chi connectivity index (χ3n) is 6.93. The number of aromatic nitrogens is 2. The summed E-state index contributed by atoms with van der Waals surface area (Å²) in [6.45, 7) is 2.92. The van der Waals surface area contributed by atoms with Gasteiger partial charge in [0.1, 0.15) is 17.1 Å². The first kappa shape index (κ1) is 32.3. The Morgan fingerprint density at radius 3 is 2.40 bits per heavy atom. The van der Waals surface area contributed by atoms with E-state index in [1.807, 2.05) is 0 Å². The minimum atomic E-state index is -5.37. The lowest BCUT2D eigenvalue weighted by Gasteiger charge is -2.41. The molecule has 0 saturated heterocycles. The summed E-state index contributed by atoms with van der Waals surface area (Å²) in [6.07, 6.45) is -10.8. The monoisotopic (exact) mass is 640 g/mol. The molecular weight excluding hydrogens is 613 g/mol. The highest BCUT2D eigenvalue weighted by molar-refractivity contribution is 7.91. The summed E-state index contributed by atoms with van der Waals surface area (Å²) in [6, 6.07) is 3.09. The van der Waals surface area contributed by atoms with E-state index >= 15 is 4.39 Å². The number of halogens is 7. The van der Waals surface area contributed by atoms with Crippen LogP contribution < -0.4 is 14.8 Å². The molecule has 17 heteroatoms. The molecule has 0 radical (unpaired) electrons. The first-order valence-corrected chi connectivity index (χ1v) is 14.6. The Morgan fingerprint density at radius 1 is 1.19 bits per heavy atom. The van der Waals surface area contributed by atoms with Crippen molar-refractivity contribution in [2.24, 2.45) is 0 Å². The van der Waals surface area contributed by atoms with Crippen LogP contribution in [0.25, 0.3) is 5.57 Å².